The van der Waals surface area contributed by atoms with E-state index >= 15 is 0 Å². The molecule has 1 fully saturated rings. The Morgan fingerprint density at radius 2 is 2.14 bits per heavy atom. The highest BCUT2D eigenvalue weighted by Gasteiger charge is 2.36. The van der Waals surface area contributed by atoms with E-state index in [-0.39, 0.29) is 17.9 Å². The molecule has 3 aromatic rings. The van der Waals surface area contributed by atoms with Crippen molar-refractivity contribution in [3.63, 3.8) is 0 Å². The summed E-state index contributed by atoms with van der Waals surface area (Å²) in [4.78, 5) is 16.8. The Hall–Kier alpha value is -3.23. The summed E-state index contributed by atoms with van der Waals surface area (Å²) < 4.78 is 17.2. The van der Waals surface area contributed by atoms with Crippen LogP contribution in [-0.2, 0) is 13.1 Å². The molecule has 2 amide bonds. The first kappa shape index (κ1) is 18.1. The number of nitrogens with one attached hydrogen (secondary N) is 2. The van der Waals surface area contributed by atoms with Crippen LogP contribution in [-0.4, -0.2) is 30.6 Å². The standard InChI is InChI=1S/C19H22FN7O/c1-2-27-18(21-12-23-27)17(13-7-8-13)25-19(28)24-15-9-22-26(11-15)10-14-5-3-4-6-16(14)20/h3-6,9,11-13,17H,2,7-8,10H2,1H3,(H2,24,25,28)/t17-/m1/s1. The summed E-state index contributed by atoms with van der Waals surface area (Å²) in [6.07, 6.45) is 6.85. The molecule has 1 aliphatic rings. The lowest BCUT2D eigenvalue weighted by Crippen LogP contribution is -2.35. The lowest BCUT2D eigenvalue weighted by Gasteiger charge is -2.18. The van der Waals surface area contributed by atoms with Crippen molar-refractivity contribution >= 4 is 11.7 Å². The Morgan fingerprint density at radius 1 is 1.32 bits per heavy atom. The van der Waals surface area contributed by atoms with Crippen molar-refractivity contribution in [2.45, 2.75) is 38.9 Å². The zero-order valence-electron chi connectivity index (χ0n) is 15.5. The maximum absolute atomic E-state index is 13.8. The number of rotatable bonds is 7. The summed E-state index contributed by atoms with van der Waals surface area (Å²) in [5.74, 6) is 0.872. The molecule has 2 heterocycles. The summed E-state index contributed by atoms with van der Waals surface area (Å²) in [5.41, 5.74) is 1.08. The molecule has 1 saturated carbocycles. The SMILES string of the molecule is CCn1ncnc1[C@H](NC(=O)Nc1cnn(Cc2ccccc2F)c1)C1CC1. The van der Waals surface area contributed by atoms with Crippen molar-refractivity contribution < 1.29 is 9.18 Å². The topological polar surface area (TPSA) is 89.7 Å². The number of halogens is 1. The first-order valence-electron chi connectivity index (χ1n) is 9.35. The monoisotopic (exact) mass is 383 g/mol. The van der Waals surface area contributed by atoms with Gasteiger partial charge in [0, 0.05) is 18.3 Å². The Bertz CT molecular complexity index is 963. The number of carbonyl (C=O) groups excluding carboxylic acids is 1. The third-order valence-corrected chi connectivity index (χ3v) is 4.78. The van der Waals surface area contributed by atoms with E-state index in [1.807, 2.05) is 6.92 Å². The zero-order valence-corrected chi connectivity index (χ0v) is 15.5. The van der Waals surface area contributed by atoms with Crippen molar-refractivity contribution in [2.75, 3.05) is 5.32 Å². The van der Waals surface area contributed by atoms with Crippen LogP contribution < -0.4 is 10.6 Å². The van der Waals surface area contributed by atoms with Gasteiger partial charge in [0.05, 0.1) is 24.5 Å². The molecule has 8 nitrogen and oxygen atoms in total. The normalized spacial score (nSPS) is 14.6. The predicted molar refractivity (Wildman–Crippen MR) is 101 cm³/mol. The molecule has 0 radical (unpaired) electrons. The smallest absolute Gasteiger partial charge is 0.319 e. The van der Waals surface area contributed by atoms with Gasteiger partial charge < -0.3 is 10.6 Å². The van der Waals surface area contributed by atoms with E-state index in [1.165, 1.54) is 12.4 Å². The highest BCUT2D eigenvalue weighted by Crippen LogP contribution is 2.40. The fourth-order valence-electron chi connectivity index (χ4n) is 3.20. The first-order chi connectivity index (χ1) is 13.6. The molecule has 28 heavy (non-hydrogen) atoms. The van der Waals surface area contributed by atoms with Gasteiger partial charge in [0.15, 0.2) is 0 Å². The molecule has 9 heteroatoms. The number of amides is 2. The second kappa shape index (κ2) is 7.79. The number of nitrogens with zero attached hydrogens (tertiary/aromatic N) is 5. The molecule has 0 bridgehead atoms. The molecule has 1 aliphatic carbocycles. The molecule has 0 aliphatic heterocycles. The van der Waals surface area contributed by atoms with Gasteiger partial charge >= 0.3 is 6.03 Å². The number of hydrogen-bond donors (Lipinski definition) is 2. The lowest BCUT2D eigenvalue weighted by atomic mass is 10.1. The van der Waals surface area contributed by atoms with Crippen LogP contribution >= 0.6 is 0 Å². The maximum Gasteiger partial charge on any atom is 0.319 e. The van der Waals surface area contributed by atoms with Gasteiger partial charge in [0.1, 0.15) is 18.0 Å². The molecular formula is C19H22FN7O. The maximum atomic E-state index is 13.8. The summed E-state index contributed by atoms with van der Waals surface area (Å²) >= 11 is 0. The Kier molecular flexibility index (Phi) is 5.05. The van der Waals surface area contributed by atoms with E-state index in [9.17, 15) is 9.18 Å². The van der Waals surface area contributed by atoms with Crippen molar-refractivity contribution in [1.29, 1.82) is 0 Å². The minimum atomic E-state index is -0.326. The van der Waals surface area contributed by atoms with E-state index in [0.717, 1.165) is 18.7 Å². The van der Waals surface area contributed by atoms with Gasteiger partial charge in [0.25, 0.3) is 0 Å². The molecule has 2 aromatic heterocycles. The largest absolute Gasteiger partial charge is 0.328 e. The van der Waals surface area contributed by atoms with E-state index in [0.29, 0.717) is 30.3 Å². The molecule has 146 valence electrons. The zero-order chi connectivity index (χ0) is 19.5. The third-order valence-electron chi connectivity index (χ3n) is 4.78. The number of benzene rings is 1. The van der Waals surface area contributed by atoms with E-state index in [2.05, 4.69) is 25.8 Å². The van der Waals surface area contributed by atoms with Crippen LogP contribution in [0, 0.1) is 11.7 Å². The van der Waals surface area contributed by atoms with E-state index < -0.39 is 0 Å². The average Bonchev–Trinajstić information content (AvgIpc) is 3.26. The third kappa shape index (κ3) is 4.03. The fourth-order valence-corrected chi connectivity index (χ4v) is 3.20. The lowest BCUT2D eigenvalue weighted by molar-refractivity contribution is 0.246. The van der Waals surface area contributed by atoms with Gasteiger partial charge in [-0.1, -0.05) is 18.2 Å². The van der Waals surface area contributed by atoms with Gasteiger partial charge in [0.2, 0.25) is 0 Å². The van der Waals surface area contributed by atoms with Gasteiger partial charge in [-0.2, -0.15) is 10.2 Å². The molecule has 0 unspecified atom stereocenters. The van der Waals surface area contributed by atoms with Crippen molar-refractivity contribution in [2.24, 2.45) is 5.92 Å². The predicted octanol–water partition coefficient (Wildman–Crippen LogP) is 2.95. The quantitative estimate of drug-likeness (QED) is 0.656. The number of anilines is 1. The minimum Gasteiger partial charge on any atom is -0.328 e. The van der Waals surface area contributed by atoms with Gasteiger partial charge in [-0.25, -0.2) is 18.9 Å². The van der Waals surface area contributed by atoms with Crippen LogP contribution in [0.5, 0.6) is 0 Å². The summed E-state index contributed by atoms with van der Waals surface area (Å²) in [6.45, 7) is 2.98. The van der Waals surface area contributed by atoms with Crippen LogP contribution in [0.4, 0.5) is 14.9 Å². The summed E-state index contributed by atoms with van der Waals surface area (Å²) in [6, 6.07) is 6.06. The van der Waals surface area contributed by atoms with Crippen LogP contribution in [0.15, 0.2) is 43.0 Å². The van der Waals surface area contributed by atoms with Crippen molar-refractivity contribution in [3.05, 3.63) is 60.2 Å². The van der Waals surface area contributed by atoms with Crippen LogP contribution in [0.2, 0.25) is 0 Å². The number of hydrogen-bond acceptors (Lipinski definition) is 4. The van der Waals surface area contributed by atoms with Gasteiger partial charge in [-0.15, -0.1) is 0 Å². The molecule has 0 spiro atoms. The van der Waals surface area contributed by atoms with E-state index in [4.69, 9.17) is 0 Å². The number of aryl methyl sites for hydroxylation is 1. The number of carbonyl (C=O) groups is 1. The molecule has 1 atom stereocenters. The van der Waals surface area contributed by atoms with Gasteiger partial charge in [-0.3, -0.25) is 4.68 Å². The Labute approximate surface area is 161 Å². The van der Waals surface area contributed by atoms with Gasteiger partial charge in [-0.05, 0) is 31.7 Å². The second-order valence-corrected chi connectivity index (χ2v) is 6.87. The molecule has 0 saturated heterocycles. The number of aromatic nitrogens is 5. The summed E-state index contributed by atoms with van der Waals surface area (Å²) in [5, 5.41) is 14.2. The average molecular weight is 383 g/mol. The molecule has 1 aromatic carbocycles. The van der Waals surface area contributed by atoms with Crippen molar-refractivity contribution in [1.82, 2.24) is 29.9 Å². The van der Waals surface area contributed by atoms with Crippen LogP contribution in [0.1, 0.15) is 37.2 Å². The Morgan fingerprint density at radius 3 is 2.89 bits per heavy atom. The minimum absolute atomic E-state index is 0.170. The van der Waals surface area contributed by atoms with E-state index in [1.54, 1.807) is 40.0 Å². The summed E-state index contributed by atoms with van der Waals surface area (Å²) in [7, 11) is 0. The highest BCUT2D eigenvalue weighted by atomic mass is 19.1. The Balaban J connectivity index is 1.40. The molecule has 2 N–H and O–H groups in total. The molecule has 4 rings (SSSR count). The molecular weight excluding hydrogens is 361 g/mol. The van der Waals surface area contributed by atoms with Crippen molar-refractivity contribution in [3.8, 4) is 0 Å². The van der Waals surface area contributed by atoms with Crippen LogP contribution in [0.3, 0.4) is 0 Å². The second-order valence-electron chi connectivity index (χ2n) is 6.87. The number of urea groups is 1. The first-order valence-corrected chi connectivity index (χ1v) is 9.35. The fraction of sp³-hybridized carbons (Fsp3) is 0.368. The van der Waals surface area contributed by atoms with Crippen LogP contribution in [0.25, 0.3) is 0 Å². The highest BCUT2D eigenvalue weighted by molar-refractivity contribution is 5.89.